The summed E-state index contributed by atoms with van der Waals surface area (Å²) in [6.45, 7) is 9.10. The lowest BCUT2D eigenvalue weighted by molar-refractivity contribution is -0.151. The summed E-state index contributed by atoms with van der Waals surface area (Å²) < 4.78 is 63.4. The van der Waals surface area contributed by atoms with Crippen molar-refractivity contribution in [3.8, 4) is 0 Å². The molecule has 1 aliphatic heterocycles. The molecule has 1 saturated heterocycles. The zero-order chi connectivity index (χ0) is 19.9. The maximum absolute atomic E-state index is 13.4. The van der Waals surface area contributed by atoms with E-state index in [4.69, 9.17) is 14.4 Å². The van der Waals surface area contributed by atoms with E-state index in [1.807, 2.05) is 27.7 Å². The lowest BCUT2D eigenvalue weighted by atomic mass is 9.78. The number of halogens is 3. The topological polar surface area (TPSA) is 61.6 Å². The zero-order valence-corrected chi connectivity index (χ0v) is 16.4. The first-order chi connectivity index (χ1) is 11.7. The largest absolute Gasteiger partial charge is 0.494 e. The normalized spacial score (nSPS) is 22.9. The summed E-state index contributed by atoms with van der Waals surface area (Å²) in [6.07, 6.45) is -4.78. The Bertz CT molecular complexity index is 648. The van der Waals surface area contributed by atoms with Gasteiger partial charge in [0, 0.05) is 5.25 Å². The van der Waals surface area contributed by atoms with Crippen molar-refractivity contribution in [1.82, 2.24) is 0 Å². The first-order valence-corrected chi connectivity index (χ1v) is 9.69. The monoisotopic (exact) mass is 391 g/mol. The summed E-state index contributed by atoms with van der Waals surface area (Å²) in [7, 11) is -2.43. The molecule has 1 aromatic rings. The van der Waals surface area contributed by atoms with Crippen molar-refractivity contribution in [2.45, 2.75) is 69.6 Å². The van der Waals surface area contributed by atoms with Gasteiger partial charge in [0.15, 0.2) is 0 Å². The van der Waals surface area contributed by atoms with Crippen molar-refractivity contribution in [2.24, 2.45) is 5.14 Å². The molecule has 0 aliphatic carbocycles. The lowest BCUT2D eigenvalue weighted by Crippen LogP contribution is -2.41. The summed E-state index contributed by atoms with van der Waals surface area (Å²) in [5.41, 5.74) is -0.282. The highest BCUT2D eigenvalue weighted by Crippen LogP contribution is 2.39. The number of hydrogen-bond acceptors (Lipinski definition) is 3. The van der Waals surface area contributed by atoms with E-state index in [-0.39, 0.29) is 12.0 Å². The molecule has 0 aromatic heterocycles. The third-order valence-corrected chi connectivity index (χ3v) is 6.21. The fourth-order valence-electron chi connectivity index (χ4n) is 2.75. The van der Waals surface area contributed by atoms with E-state index in [0.29, 0.717) is 5.46 Å². The Labute approximate surface area is 155 Å². The molecule has 0 amide bonds. The minimum absolute atomic E-state index is 0.107. The third kappa shape index (κ3) is 4.50. The van der Waals surface area contributed by atoms with Crippen molar-refractivity contribution >= 4 is 23.6 Å². The van der Waals surface area contributed by atoms with Gasteiger partial charge in [-0.3, -0.25) is 5.14 Å². The van der Waals surface area contributed by atoms with Crippen molar-refractivity contribution in [1.29, 1.82) is 0 Å². The molecule has 9 heteroatoms. The van der Waals surface area contributed by atoms with Crippen LogP contribution in [-0.4, -0.2) is 34.0 Å². The van der Waals surface area contributed by atoms with Crippen LogP contribution in [0.2, 0.25) is 0 Å². The van der Waals surface area contributed by atoms with Crippen LogP contribution in [0.25, 0.3) is 0 Å². The average Bonchev–Trinajstić information content (AvgIpc) is 2.71. The highest BCUT2D eigenvalue weighted by atomic mass is 32.2. The molecule has 2 rings (SSSR count). The fraction of sp³-hybridized carbons (Fsp3) is 0.647. The van der Waals surface area contributed by atoms with Crippen molar-refractivity contribution in [2.75, 3.05) is 0 Å². The molecule has 3 atom stereocenters. The second kappa shape index (κ2) is 7.26. The van der Waals surface area contributed by atoms with Gasteiger partial charge in [0.05, 0.1) is 28.1 Å². The molecule has 0 spiro atoms. The molecular weight excluding hydrogens is 366 g/mol. The van der Waals surface area contributed by atoms with Crippen LogP contribution in [0, 0.1) is 0 Å². The zero-order valence-electron chi connectivity index (χ0n) is 15.6. The Morgan fingerprint density at radius 3 is 1.96 bits per heavy atom. The molecule has 1 fully saturated rings. The van der Waals surface area contributed by atoms with E-state index < -0.39 is 46.7 Å². The van der Waals surface area contributed by atoms with Gasteiger partial charge in [0.25, 0.3) is 0 Å². The maximum Gasteiger partial charge on any atom is 0.494 e. The van der Waals surface area contributed by atoms with Gasteiger partial charge in [0.2, 0.25) is 0 Å². The van der Waals surface area contributed by atoms with Gasteiger partial charge < -0.3 is 9.31 Å². The first kappa shape index (κ1) is 21.4. The first-order valence-electron chi connectivity index (χ1n) is 8.42. The predicted molar refractivity (Wildman–Crippen MR) is 97.4 cm³/mol. The molecule has 4 nitrogen and oxygen atoms in total. The Kier molecular flexibility index (Phi) is 5.98. The maximum atomic E-state index is 13.4. The smallest absolute Gasteiger partial charge is 0.399 e. The van der Waals surface area contributed by atoms with Gasteiger partial charge in [-0.25, -0.2) is 4.21 Å². The van der Waals surface area contributed by atoms with Crippen LogP contribution in [0.15, 0.2) is 24.3 Å². The van der Waals surface area contributed by atoms with Crippen LogP contribution < -0.4 is 10.6 Å². The Hall–Kier alpha value is -0.895. The second-order valence-electron chi connectivity index (χ2n) is 7.72. The fourth-order valence-corrected chi connectivity index (χ4v) is 3.13. The van der Waals surface area contributed by atoms with E-state index in [1.165, 1.54) is 19.1 Å². The number of hydrogen-bond donors (Lipinski definition) is 1. The van der Waals surface area contributed by atoms with Crippen molar-refractivity contribution < 1.29 is 26.7 Å². The van der Waals surface area contributed by atoms with E-state index in [9.17, 15) is 17.4 Å². The highest BCUT2D eigenvalue weighted by Gasteiger charge is 2.51. The lowest BCUT2D eigenvalue weighted by Gasteiger charge is -2.32. The summed E-state index contributed by atoms with van der Waals surface area (Å²) in [5, 5.41) is 4.48. The number of rotatable bonds is 5. The number of alkyl halides is 3. The van der Waals surface area contributed by atoms with Crippen molar-refractivity contribution in [3.05, 3.63) is 29.8 Å². The van der Waals surface area contributed by atoms with Gasteiger partial charge in [-0.15, -0.1) is 0 Å². The standard InChI is InChI=1S/C17H25BF3NO3S/c1-11(26(22)23)10-14(17(19,20)21)12-6-8-13(9-7-12)18-24-15(2,3)16(4,5)25-18/h6-9,11,14H,10,22H2,1-5H3/t11?,14-,26?/m0/s1. The van der Waals surface area contributed by atoms with Crippen molar-refractivity contribution in [3.63, 3.8) is 0 Å². The number of nitrogens with two attached hydrogens (primary N) is 1. The van der Waals surface area contributed by atoms with Crippen LogP contribution in [-0.2, 0) is 20.3 Å². The van der Waals surface area contributed by atoms with E-state index in [2.05, 4.69) is 0 Å². The van der Waals surface area contributed by atoms with E-state index in [0.717, 1.165) is 0 Å². The molecule has 0 bridgehead atoms. The molecule has 1 aliphatic rings. The van der Waals surface area contributed by atoms with Gasteiger partial charge >= 0.3 is 13.3 Å². The van der Waals surface area contributed by atoms with Crippen LogP contribution in [0.5, 0.6) is 0 Å². The molecule has 0 saturated carbocycles. The van der Waals surface area contributed by atoms with Gasteiger partial charge in [-0.1, -0.05) is 24.3 Å². The molecular formula is C17H25BF3NO3S. The highest BCUT2D eigenvalue weighted by molar-refractivity contribution is 7.83. The summed E-state index contributed by atoms with van der Waals surface area (Å²) in [4.78, 5) is 0. The van der Waals surface area contributed by atoms with Crippen LogP contribution in [0.4, 0.5) is 13.2 Å². The van der Waals surface area contributed by atoms with Crippen LogP contribution in [0.1, 0.15) is 52.5 Å². The molecule has 26 heavy (non-hydrogen) atoms. The second-order valence-corrected chi connectivity index (χ2v) is 9.19. The van der Waals surface area contributed by atoms with Gasteiger partial charge in [-0.05, 0) is 52.1 Å². The van der Waals surface area contributed by atoms with Gasteiger partial charge in [0.1, 0.15) is 0 Å². The summed E-state index contributed by atoms with van der Waals surface area (Å²) >= 11 is 0. The minimum Gasteiger partial charge on any atom is -0.399 e. The van der Waals surface area contributed by atoms with E-state index in [1.54, 1.807) is 12.1 Å². The molecule has 0 radical (unpaired) electrons. The quantitative estimate of drug-likeness (QED) is 0.785. The van der Waals surface area contributed by atoms with Crippen LogP contribution in [0.3, 0.4) is 0 Å². The minimum atomic E-state index is -4.44. The predicted octanol–water partition coefficient (Wildman–Crippen LogP) is 3.03. The Morgan fingerprint density at radius 2 is 1.58 bits per heavy atom. The molecule has 146 valence electrons. The molecule has 2 unspecified atom stereocenters. The number of benzene rings is 1. The van der Waals surface area contributed by atoms with Crippen LogP contribution >= 0.6 is 0 Å². The molecule has 2 N–H and O–H groups in total. The van der Waals surface area contributed by atoms with E-state index >= 15 is 0 Å². The Balaban J connectivity index is 2.23. The Morgan fingerprint density at radius 1 is 1.12 bits per heavy atom. The molecule has 1 aromatic carbocycles. The van der Waals surface area contributed by atoms with Gasteiger partial charge in [-0.2, -0.15) is 13.2 Å². The summed E-state index contributed by atoms with van der Waals surface area (Å²) in [6, 6.07) is 6.01. The third-order valence-electron chi connectivity index (χ3n) is 5.22. The average molecular weight is 391 g/mol. The molecule has 1 heterocycles. The summed E-state index contributed by atoms with van der Waals surface area (Å²) in [5.74, 6) is -1.72. The SMILES string of the molecule is CC(C[C@@H](c1ccc(B2OC(C)(C)C(C)(C)O2)cc1)C(F)(F)F)S(N)=O.